The highest BCUT2D eigenvalue weighted by Gasteiger charge is 2.42. The maximum absolute atomic E-state index is 11.9. The molecule has 0 spiro atoms. The van der Waals surface area contributed by atoms with Gasteiger partial charge in [0, 0.05) is 28.6 Å². The summed E-state index contributed by atoms with van der Waals surface area (Å²) < 4.78 is 0.860. The van der Waals surface area contributed by atoms with Crippen LogP contribution in [0, 0.1) is 10.1 Å². The van der Waals surface area contributed by atoms with Crippen molar-refractivity contribution in [1.82, 2.24) is 0 Å². The van der Waals surface area contributed by atoms with Crippen LogP contribution in [-0.2, 0) is 10.2 Å². The molecule has 0 saturated heterocycles. The van der Waals surface area contributed by atoms with Crippen molar-refractivity contribution in [3.8, 4) is 0 Å². The molecule has 0 radical (unpaired) electrons. The molecule has 0 fully saturated rings. The van der Waals surface area contributed by atoms with Crippen molar-refractivity contribution in [3.05, 3.63) is 38.3 Å². The summed E-state index contributed by atoms with van der Waals surface area (Å²) in [6, 6.07) is 5.51. The molecule has 1 atom stereocenters. The van der Waals surface area contributed by atoms with Crippen molar-refractivity contribution >= 4 is 27.5 Å². The summed E-state index contributed by atoms with van der Waals surface area (Å²) in [4.78, 5) is 24.0. The number of carbonyl (C=O) groups excluding carboxylic acids is 1. The first-order chi connectivity index (χ1) is 8.33. The van der Waals surface area contributed by atoms with Gasteiger partial charge in [0.15, 0.2) is 0 Å². The number of nitro groups is 1. The first kappa shape index (κ1) is 13.0. The fourth-order valence-electron chi connectivity index (χ4n) is 2.39. The number of halogens is 1. The van der Waals surface area contributed by atoms with Gasteiger partial charge in [0.2, 0.25) is 12.5 Å². The lowest BCUT2D eigenvalue weighted by Gasteiger charge is -2.36. The maximum atomic E-state index is 11.9. The molecular formula is C12H13BrN2O3. The van der Waals surface area contributed by atoms with Crippen LogP contribution in [0.1, 0.15) is 18.9 Å². The normalized spacial score (nSPS) is 22.8. The van der Waals surface area contributed by atoms with E-state index in [1.54, 1.807) is 18.9 Å². The maximum Gasteiger partial charge on any atom is 0.227 e. The third kappa shape index (κ3) is 2.12. The van der Waals surface area contributed by atoms with Crippen molar-refractivity contribution in [3.63, 3.8) is 0 Å². The molecule has 1 aliphatic heterocycles. The number of carbonyl (C=O) groups is 1. The lowest BCUT2D eigenvalue weighted by atomic mass is 9.75. The molecule has 2 rings (SSSR count). The van der Waals surface area contributed by atoms with E-state index >= 15 is 0 Å². The van der Waals surface area contributed by atoms with E-state index in [9.17, 15) is 14.9 Å². The molecule has 0 aliphatic carbocycles. The molecule has 1 heterocycles. The third-order valence-corrected chi connectivity index (χ3v) is 3.86. The molecule has 5 nitrogen and oxygen atoms in total. The van der Waals surface area contributed by atoms with Crippen LogP contribution in [0.25, 0.3) is 0 Å². The largest absolute Gasteiger partial charge is 0.315 e. The van der Waals surface area contributed by atoms with E-state index in [0.717, 1.165) is 15.7 Å². The zero-order valence-corrected chi connectivity index (χ0v) is 11.7. The molecule has 18 heavy (non-hydrogen) atoms. The minimum absolute atomic E-state index is 0.0887. The highest BCUT2D eigenvalue weighted by atomic mass is 79.9. The lowest BCUT2D eigenvalue weighted by Crippen LogP contribution is -2.44. The van der Waals surface area contributed by atoms with E-state index in [-0.39, 0.29) is 23.8 Å². The molecule has 0 N–H and O–H groups in total. The number of hydrogen-bond acceptors (Lipinski definition) is 3. The molecular weight excluding hydrogens is 300 g/mol. The van der Waals surface area contributed by atoms with Crippen LogP contribution < -0.4 is 4.90 Å². The van der Waals surface area contributed by atoms with Gasteiger partial charge < -0.3 is 4.90 Å². The van der Waals surface area contributed by atoms with Crippen molar-refractivity contribution in [2.45, 2.75) is 18.8 Å². The lowest BCUT2D eigenvalue weighted by molar-refractivity contribution is -0.490. The summed E-state index contributed by atoms with van der Waals surface area (Å²) in [5, 5.41) is 10.8. The van der Waals surface area contributed by atoms with Gasteiger partial charge in [0.25, 0.3) is 0 Å². The monoisotopic (exact) mass is 312 g/mol. The Kier molecular flexibility index (Phi) is 3.14. The highest BCUT2D eigenvalue weighted by molar-refractivity contribution is 9.10. The number of benzene rings is 1. The minimum Gasteiger partial charge on any atom is -0.315 e. The van der Waals surface area contributed by atoms with Gasteiger partial charge in [-0.3, -0.25) is 14.9 Å². The van der Waals surface area contributed by atoms with Crippen LogP contribution in [0.5, 0.6) is 0 Å². The Morgan fingerprint density at radius 2 is 2.22 bits per heavy atom. The molecule has 6 heteroatoms. The smallest absolute Gasteiger partial charge is 0.227 e. The summed E-state index contributed by atoms with van der Waals surface area (Å²) >= 11 is 3.37. The molecule has 0 bridgehead atoms. The second-order valence-corrected chi connectivity index (χ2v) is 5.76. The van der Waals surface area contributed by atoms with E-state index in [1.807, 2.05) is 18.2 Å². The molecule has 1 aliphatic rings. The van der Waals surface area contributed by atoms with Crippen LogP contribution in [0.3, 0.4) is 0 Å². The molecule has 96 valence electrons. The second-order valence-electron chi connectivity index (χ2n) is 4.84. The Bertz CT molecular complexity index is 532. The van der Waals surface area contributed by atoms with Gasteiger partial charge >= 0.3 is 0 Å². The summed E-state index contributed by atoms with van der Waals surface area (Å²) in [5.41, 5.74) is 0.848. The van der Waals surface area contributed by atoms with Crippen LogP contribution in [-0.4, -0.2) is 24.4 Å². The van der Waals surface area contributed by atoms with Gasteiger partial charge in [0.05, 0.1) is 5.41 Å². The standard InChI is InChI=1S/C12H13BrN2O3/c1-12(7-15(17)18)6-11(16)14(2)10-4-3-8(13)5-9(10)12/h3-5H,6-7H2,1-2H3. The molecule has 0 saturated carbocycles. The van der Waals surface area contributed by atoms with Crippen molar-refractivity contribution < 1.29 is 9.72 Å². The Labute approximate surface area is 113 Å². The van der Waals surface area contributed by atoms with Gasteiger partial charge in [-0.15, -0.1) is 0 Å². The van der Waals surface area contributed by atoms with Gasteiger partial charge in [-0.25, -0.2) is 0 Å². The SMILES string of the molecule is CN1C(=O)CC(C)(C[N+](=O)[O-])c2cc(Br)ccc21. The van der Waals surface area contributed by atoms with Gasteiger partial charge in [-0.05, 0) is 30.7 Å². The van der Waals surface area contributed by atoms with Crippen LogP contribution in [0.2, 0.25) is 0 Å². The molecule has 1 aromatic carbocycles. The topological polar surface area (TPSA) is 63.5 Å². The summed E-state index contributed by atoms with van der Waals surface area (Å²) in [6.07, 6.45) is 0.161. The van der Waals surface area contributed by atoms with Crippen molar-refractivity contribution in [2.24, 2.45) is 0 Å². The average molecular weight is 313 g/mol. The van der Waals surface area contributed by atoms with Crippen LogP contribution in [0.4, 0.5) is 5.69 Å². The Morgan fingerprint density at radius 3 is 2.83 bits per heavy atom. The minimum atomic E-state index is -0.744. The first-order valence-electron chi connectivity index (χ1n) is 5.52. The fraction of sp³-hybridized carbons (Fsp3) is 0.417. The van der Waals surface area contributed by atoms with Crippen molar-refractivity contribution in [1.29, 1.82) is 0 Å². The first-order valence-corrected chi connectivity index (χ1v) is 6.31. The number of fused-ring (bicyclic) bond motifs is 1. The fourth-order valence-corrected chi connectivity index (χ4v) is 2.75. The number of hydrogen-bond donors (Lipinski definition) is 0. The van der Waals surface area contributed by atoms with E-state index in [1.165, 1.54) is 0 Å². The van der Waals surface area contributed by atoms with Crippen molar-refractivity contribution in [2.75, 3.05) is 18.5 Å². The van der Waals surface area contributed by atoms with E-state index < -0.39 is 5.41 Å². The summed E-state index contributed by atoms with van der Waals surface area (Å²) in [6.45, 7) is 1.53. The molecule has 1 unspecified atom stereocenters. The predicted octanol–water partition coefficient (Wildman–Crippen LogP) is 2.35. The van der Waals surface area contributed by atoms with E-state index in [2.05, 4.69) is 15.9 Å². The Balaban J connectivity index is 2.58. The number of anilines is 1. The second kappa shape index (κ2) is 4.35. The van der Waals surface area contributed by atoms with Crippen LogP contribution in [0.15, 0.2) is 22.7 Å². The van der Waals surface area contributed by atoms with Gasteiger partial charge in [-0.1, -0.05) is 15.9 Å². The zero-order chi connectivity index (χ0) is 13.5. The summed E-state index contributed by atoms with van der Waals surface area (Å²) in [5.74, 6) is -0.0887. The summed E-state index contributed by atoms with van der Waals surface area (Å²) in [7, 11) is 1.70. The Morgan fingerprint density at radius 1 is 1.56 bits per heavy atom. The van der Waals surface area contributed by atoms with E-state index in [0.29, 0.717) is 0 Å². The number of amides is 1. The van der Waals surface area contributed by atoms with E-state index in [4.69, 9.17) is 0 Å². The Hall–Kier alpha value is -1.43. The number of nitrogens with zero attached hydrogens (tertiary/aromatic N) is 2. The number of rotatable bonds is 2. The zero-order valence-electron chi connectivity index (χ0n) is 10.1. The van der Waals surface area contributed by atoms with Crippen LogP contribution >= 0.6 is 15.9 Å². The molecule has 1 aromatic rings. The average Bonchev–Trinajstić information content (AvgIpc) is 2.25. The molecule has 1 amide bonds. The molecule has 0 aromatic heterocycles. The van der Waals surface area contributed by atoms with Gasteiger partial charge in [-0.2, -0.15) is 0 Å². The highest BCUT2D eigenvalue weighted by Crippen LogP contribution is 2.41. The quantitative estimate of drug-likeness (QED) is 0.622. The predicted molar refractivity (Wildman–Crippen MR) is 71.4 cm³/mol. The third-order valence-electron chi connectivity index (χ3n) is 3.36. The van der Waals surface area contributed by atoms with Gasteiger partial charge in [0.1, 0.15) is 0 Å².